The highest BCUT2D eigenvalue weighted by Crippen LogP contribution is 2.39. The van der Waals surface area contributed by atoms with Crippen molar-refractivity contribution in [2.45, 2.75) is 0 Å². The Morgan fingerprint density at radius 2 is 2.00 bits per heavy atom. The SMILES string of the molecule is COc1ccc2nc3c(OC)c(Br)c(=O)cc-3sc2c1. The summed E-state index contributed by atoms with van der Waals surface area (Å²) in [7, 11) is 3.15. The molecule has 1 aliphatic carbocycles. The monoisotopic (exact) mass is 351 g/mol. The Kier molecular flexibility index (Phi) is 3.35. The number of aromatic nitrogens is 1. The summed E-state index contributed by atoms with van der Waals surface area (Å²) in [6.07, 6.45) is 0. The molecule has 0 radical (unpaired) electrons. The summed E-state index contributed by atoms with van der Waals surface area (Å²) in [6.45, 7) is 0. The van der Waals surface area contributed by atoms with Crippen molar-refractivity contribution in [3.8, 4) is 22.1 Å². The summed E-state index contributed by atoms with van der Waals surface area (Å²) in [5.74, 6) is 1.24. The minimum atomic E-state index is -0.116. The van der Waals surface area contributed by atoms with Crippen LogP contribution in [0.5, 0.6) is 11.5 Å². The fraction of sp³-hybridized carbons (Fsp3) is 0.143. The second-order valence-corrected chi connectivity index (χ2v) is 5.99. The molecule has 0 N–H and O–H groups in total. The number of nitrogens with zero attached hydrogens (tertiary/aromatic N) is 1. The largest absolute Gasteiger partial charge is 0.497 e. The number of halogens is 1. The molecule has 2 aliphatic rings. The quantitative estimate of drug-likeness (QED) is 0.662. The van der Waals surface area contributed by atoms with Gasteiger partial charge in [0, 0.05) is 6.07 Å². The van der Waals surface area contributed by atoms with E-state index >= 15 is 0 Å². The second-order valence-electron chi connectivity index (χ2n) is 4.12. The lowest BCUT2D eigenvalue weighted by Crippen LogP contribution is -2.06. The highest BCUT2D eigenvalue weighted by atomic mass is 79.9. The zero-order valence-electron chi connectivity index (χ0n) is 10.8. The van der Waals surface area contributed by atoms with Gasteiger partial charge in [0.05, 0.1) is 29.3 Å². The van der Waals surface area contributed by atoms with Gasteiger partial charge in [-0.25, -0.2) is 4.98 Å². The minimum Gasteiger partial charge on any atom is -0.497 e. The van der Waals surface area contributed by atoms with Crippen LogP contribution in [0.2, 0.25) is 0 Å². The fourth-order valence-electron chi connectivity index (χ4n) is 1.98. The lowest BCUT2D eigenvalue weighted by atomic mass is 10.2. The number of hydrogen-bond donors (Lipinski definition) is 0. The van der Waals surface area contributed by atoms with E-state index in [1.807, 2.05) is 18.2 Å². The Morgan fingerprint density at radius 1 is 1.20 bits per heavy atom. The second kappa shape index (κ2) is 5.03. The van der Waals surface area contributed by atoms with Gasteiger partial charge in [0.25, 0.3) is 0 Å². The molecule has 3 rings (SSSR count). The van der Waals surface area contributed by atoms with Gasteiger partial charge >= 0.3 is 0 Å². The van der Waals surface area contributed by atoms with E-state index in [1.165, 1.54) is 18.4 Å². The lowest BCUT2D eigenvalue weighted by molar-refractivity contribution is 0.412. The number of fused-ring (bicyclic) bond motifs is 2. The Hall–Kier alpha value is -1.66. The molecule has 0 aromatic heterocycles. The molecule has 0 atom stereocenters. The predicted molar refractivity (Wildman–Crippen MR) is 83.3 cm³/mol. The van der Waals surface area contributed by atoms with Gasteiger partial charge in [0.2, 0.25) is 0 Å². The molecule has 102 valence electrons. The smallest absolute Gasteiger partial charge is 0.198 e. The van der Waals surface area contributed by atoms with Gasteiger partial charge in [0.15, 0.2) is 11.2 Å². The van der Waals surface area contributed by atoms with Gasteiger partial charge < -0.3 is 9.47 Å². The number of benzene rings is 2. The van der Waals surface area contributed by atoms with Gasteiger partial charge in [-0.15, -0.1) is 11.3 Å². The van der Waals surface area contributed by atoms with Crippen LogP contribution in [0.4, 0.5) is 0 Å². The lowest BCUT2D eigenvalue weighted by Gasteiger charge is -2.12. The van der Waals surface area contributed by atoms with Crippen molar-refractivity contribution >= 4 is 37.5 Å². The van der Waals surface area contributed by atoms with E-state index in [-0.39, 0.29) is 5.43 Å². The van der Waals surface area contributed by atoms with Crippen molar-refractivity contribution in [2.75, 3.05) is 14.2 Å². The molecule has 0 saturated heterocycles. The third-order valence-electron chi connectivity index (χ3n) is 2.95. The van der Waals surface area contributed by atoms with Crippen LogP contribution >= 0.6 is 27.3 Å². The molecule has 1 heterocycles. The molecule has 6 heteroatoms. The maximum absolute atomic E-state index is 11.9. The fourth-order valence-corrected chi connectivity index (χ4v) is 3.48. The van der Waals surface area contributed by atoms with E-state index in [0.29, 0.717) is 15.9 Å². The van der Waals surface area contributed by atoms with Crippen LogP contribution in [0.3, 0.4) is 0 Å². The van der Waals surface area contributed by atoms with Crippen LogP contribution in [-0.2, 0) is 0 Å². The normalized spacial score (nSPS) is 10.9. The molecule has 0 saturated carbocycles. The molecule has 1 aliphatic heterocycles. The first-order chi connectivity index (χ1) is 9.63. The maximum Gasteiger partial charge on any atom is 0.198 e. The number of hydrogen-bond acceptors (Lipinski definition) is 5. The zero-order chi connectivity index (χ0) is 14.3. The average Bonchev–Trinajstić information content (AvgIpc) is 2.46. The highest BCUT2D eigenvalue weighted by molar-refractivity contribution is 9.10. The Labute approximate surface area is 127 Å². The first-order valence-electron chi connectivity index (χ1n) is 5.79. The summed E-state index contributed by atoms with van der Waals surface area (Å²) < 4.78 is 11.9. The first kappa shape index (κ1) is 13.3. The molecule has 1 aromatic carbocycles. The van der Waals surface area contributed by atoms with Crippen molar-refractivity contribution in [1.82, 2.24) is 4.98 Å². The summed E-state index contributed by atoms with van der Waals surface area (Å²) in [5.41, 5.74) is 1.41. The van der Waals surface area contributed by atoms with Crippen LogP contribution < -0.4 is 14.9 Å². The summed E-state index contributed by atoms with van der Waals surface area (Å²) in [6, 6.07) is 7.23. The van der Waals surface area contributed by atoms with Gasteiger partial charge in [-0.3, -0.25) is 4.79 Å². The predicted octanol–water partition coefficient (Wildman–Crippen LogP) is 3.54. The highest BCUT2D eigenvalue weighted by Gasteiger charge is 2.18. The van der Waals surface area contributed by atoms with Gasteiger partial charge in [-0.1, -0.05) is 0 Å². The van der Waals surface area contributed by atoms with E-state index in [9.17, 15) is 4.79 Å². The van der Waals surface area contributed by atoms with Crippen molar-refractivity contribution in [1.29, 1.82) is 0 Å². The number of rotatable bonds is 2. The number of ether oxygens (including phenoxy) is 2. The Balaban J connectivity index is 2.41. The zero-order valence-corrected chi connectivity index (χ0v) is 13.2. The third kappa shape index (κ3) is 2.05. The van der Waals surface area contributed by atoms with Gasteiger partial charge in [0.1, 0.15) is 15.9 Å². The Morgan fingerprint density at radius 3 is 2.70 bits per heavy atom. The van der Waals surface area contributed by atoms with E-state index < -0.39 is 0 Å². The van der Waals surface area contributed by atoms with Crippen LogP contribution in [0.15, 0.2) is 33.5 Å². The van der Waals surface area contributed by atoms with E-state index in [0.717, 1.165) is 20.8 Å². The molecule has 4 nitrogen and oxygen atoms in total. The maximum atomic E-state index is 11.9. The van der Waals surface area contributed by atoms with E-state index in [4.69, 9.17) is 9.47 Å². The molecule has 20 heavy (non-hydrogen) atoms. The van der Waals surface area contributed by atoms with Crippen molar-refractivity contribution in [3.63, 3.8) is 0 Å². The van der Waals surface area contributed by atoms with Crippen LogP contribution in [0.25, 0.3) is 20.8 Å². The van der Waals surface area contributed by atoms with Crippen molar-refractivity contribution in [3.05, 3.63) is 39.0 Å². The van der Waals surface area contributed by atoms with Gasteiger partial charge in [-0.05, 0) is 34.1 Å². The molecular formula is C14H10BrNO3S. The van der Waals surface area contributed by atoms with E-state index in [2.05, 4.69) is 20.9 Å². The van der Waals surface area contributed by atoms with Gasteiger partial charge in [-0.2, -0.15) is 0 Å². The Bertz CT molecular complexity index is 831. The van der Waals surface area contributed by atoms with Crippen LogP contribution in [-0.4, -0.2) is 19.2 Å². The molecule has 0 fully saturated rings. The van der Waals surface area contributed by atoms with Crippen LogP contribution in [0, 0.1) is 0 Å². The minimum absolute atomic E-state index is 0.116. The van der Waals surface area contributed by atoms with Crippen molar-refractivity contribution < 1.29 is 9.47 Å². The summed E-state index contributed by atoms with van der Waals surface area (Å²) in [5, 5.41) is 0. The topological polar surface area (TPSA) is 48.4 Å². The average molecular weight is 352 g/mol. The number of methoxy groups -OCH3 is 2. The van der Waals surface area contributed by atoms with Crippen molar-refractivity contribution in [2.24, 2.45) is 0 Å². The molecule has 0 amide bonds. The third-order valence-corrected chi connectivity index (χ3v) is 4.78. The summed E-state index contributed by atoms with van der Waals surface area (Å²) in [4.78, 5) is 17.3. The molecule has 0 bridgehead atoms. The molecular weight excluding hydrogens is 342 g/mol. The summed E-state index contributed by atoms with van der Waals surface area (Å²) >= 11 is 4.75. The molecule has 1 aromatic rings. The molecule has 0 unspecified atom stereocenters. The first-order valence-corrected chi connectivity index (χ1v) is 7.40. The molecule has 0 spiro atoms. The van der Waals surface area contributed by atoms with Crippen LogP contribution in [0.1, 0.15) is 0 Å². The standard InChI is InChI=1S/C14H10BrNO3S/c1-18-7-3-4-8-10(5-7)20-11-6-9(17)12(15)14(19-2)13(11)16-8/h3-6H,1-2H3. The van der Waals surface area contributed by atoms with E-state index in [1.54, 1.807) is 13.2 Å².